The van der Waals surface area contributed by atoms with Gasteiger partial charge in [-0.2, -0.15) is 9.97 Å². The molecule has 4 aromatic rings. The third-order valence-corrected chi connectivity index (χ3v) is 7.02. The quantitative estimate of drug-likeness (QED) is 0.0278. The van der Waals surface area contributed by atoms with Crippen molar-refractivity contribution >= 4 is 69.5 Å². The molecular formula is C34H40Cl2N8O8. The molecule has 4 N–H and O–H groups in total. The number of nitrogens with zero attached hydrogens (tertiary/aromatic N) is 5. The van der Waals surface area contributed by atoms with Crippen LogP contribution in [-0.4, -0.2) is 63.2 Å². The van der Waals surface area contributed by atoms with Gasteiger partial charge in [-0.25, -0.2) is 9.97 Å². The topological polar surface area (TPSA) is 216 Å². The second-order valence-electron chi connectivity index (χ2n) is 10.6. The van der Waals surface area contributed by atoms with Crippen LogP contribution >= 0.6 is 23.2 Å². The van der Waals surface area contributed by atoms with Crippen LogP contribution in [0.4, 0.5) is 34.4 Å². The zero-order valence-electron chi connectivity index (χ0n) is 28.7. The molecule has 0 saturated heterocycles. The molecule has 0 saturated carbocycles. The van der Waals surface area contributed by atoms with Crippen LogP contribution < -0.4 is 25.8 Å². The van der Waals surface area contributed by atoms with E-state index in [1.807, 2.05) is 24.3 Å². The first-order valence-electron chi connectivity index (χ1n) is 16.3. The summed E-state index contributed by atoms with van der Waals surface area (Å²) in [7, 11) is 0. The van der Waals surface area contributed by atoms with Gasteiger partial charge in [-0.15, -0.1) is 0 Å². The smallest absolute Gasteiger partial charge is 0.329 e. The van der Waals surface area contributed by atoms with Gasteiger partial charge in [0.25, 0.3) is 0 Å². The van der Waals surface area contributed by atoms with Crippen LogP contribution in [0.5, 0.6) is 11.5 Å². The predicted molar refractivity (Wildman–Crippen MR) is 197 cm³/mol. The molecule has 16 nitrogen and oxygen atoms in total. The fourth-order valence-corrected chi connectivity index (χ4v) is 4.45. The monoisotopic (exact) mass is 758 g/mol. The van der Waals surface area contributed by atoms with E-state index in [-0.39, 0.29) is 34.0 Å². The fraction of sp³-hybridized carbons (Fsp3) is 0.353. The Bertz CT molecular complexity index is 1730. The van der Waals surface area contributed by atoms with Crippen LogP contribution in [-0.2, 0) is 19.1 Å². The van der Waals surface area contributed by atoms with Crippen LogP contribution in [0.1, 0.15) is 52.4 Å². The summed E-state index contributed by atoms with van der Waals surface area (Å²) in [6.45, 7) is 5.40. The lowest BCUT2D eigenvalue weighted by molar-refractivity contribution is -0.384. The summed E-state index contributed by atoms with van der Waals surface area (Å²) in [4.78, 5) is 48.2. The number of aromatic nitrogens is 4. The Morgan fingerprint density at radius 1 is 0.731 bits per heavy atom. The van der Waals surface area contributed by atoms with Crippen molar-refractivity contribution in [1.82, 2.24) is 19.9 Å². The summed E-state index contributed by atoms with van der Waals surface area (Å²) in [6, 6.07) is 14.2. The van der Waals surface area contributed by atoms with E-state index < -0.39 is 4.92 Å². The summed E-state index contributed by atoms with van der Waals surface area (Å²) in [5.41, 5.74) is 7.32. The van der Waals surface area contributed by atoms with Gasteiger partial charge in [0.15, 0.2) is 5.82 Å². The molecule has 52 heavy (non-hydrogen) atoms. The lowest BCUT2D eigenvalue weighted by Gasteiger charge is -2.10. The van der Waals surface area contributed by atoms with E-state index in [0.717, 1.165) is 36.9 Å². The first-order valence-corrected chi connectivity index (χ1v) is 17.1. The van der Waals surface area contributed by atoms with Crippen molar-refractivity contribution in [2.24, 2.45) is 0 Å². The zero-order chi connectivity index (χ0) is 37.7. The van der Waals surface area contributed by atoms with Gasteiger partial charge >= 0.3 is 17.6 Å². The number of nitrogens with two attached hydrogens (primary N) is 1. The highest BCUT2D eigenvalue weighted by Crippen LogP contribution is 2.27. The summed E-state index contributed by atoms with van der Waals surface area (Å²) >= 11 is 11.5. The standard InChI is InChI=1S/C17H19ClN4O5.C17H21ClN4O3/c1-2-26-15(23)5-3-4-10-27-13-8-6-12(7-9-13)20-16-14(22(24)25)11-19-17(18)21-16;1-2-24-15(23)5-3-4-10-25-13-8-6-12(7-9-13)21-16-14(19)11-20-17(18)22-16/h6-9,11H,2-5,10H2,1H3,(H,19,20,21);6-9,11H,2-5,10,19H2,1H3,(H,20,21,22). The average molecular weight is 760 g/mol. The van der Waals surface area contributed by atoms with Gasteiger partial charge in [-0.1, -0.05) is 0 Å². The molecule has 0 radical (unpaired) electrons. The molecule has 0 fully saturated rings. The van der Waals surface area contributed by atoms with Crippen LogP contribution in [0, 0.1) is 10.1 Å². The molecule has 0 amide bonds. The second-order valence-corrected chi connectivity index (χ2v) is 11.3. The van der Waals surface area contributed by atoms with Gasteiger partial charge in [0.2, 0.25) is 16.4 Å². The van der Waals surface area contributed by atoms with E-state index in [1.165, 1.54) is 6.20 Å². The second kappa shape index (κ2) is 22.4. The largest absolute Gasteiger partial charge is 0.494 e. The van der Waals surface area contributed by atoms with Gasteiger partial charge in [-0.05, 0) is 111 Å². The van der Waals surface area contributed by atoms with Gasteiger partial charge in [0, 0.05) is 24.2 Å². The number of unbranched alkanes of at least 4 members (excludes halogenated alkanes) is 2. The molecule has 2 heterocycles. The molecule has 4 rings (SSSR count). The molecule has 2 aromatic heterocycles. The van der Waals surface area contributed by atoms with Crippen molar-refractivity contribution in [2.75, 3.05) is 42.8 Å². The Morgan fingerprint density at radius 2 is 1.17 bits per heavy atom. The molecule has 0 unspecified atom stereocenters. The molecule has 0 bridgehead atoms. The Hall–Kier alpha value is -5.48. The molecule has 18 heteroatoms. The number of carbonyl (C=O) groups is 2. The number of carbonyl (C=O) groups excluding carboxylic acids is 2. The number of nitro groups is 1. The van der Waals surface area contributed by atoms with Crippen molar-refractivity contribution in [2.45, 2.75) is 52.4 Å². The van der Waals surface area contributed by atoms with E-state index in [9.17, 15) is 19.7 Å². The Kier molecular flexibility index (Phi) is 17.6. The first-order chi connectivity index (χ1) is 25.1. The number of benzene rings is 2. The average Bonchev–Trinajstić information content (AvgIpc) is 3.11. The maximum atomic E-state index is 11.2. The Balaban J connectivity index is 0.000000281. The third-order valence-electron chi connectivity index (χ3n) is 6.66. The van der Waals surface area contributed by atoms with E-state index >= 15 is 0 Å². The van der Waals surface area contributed by atoms with Crippen molar-refractivity contribution in [1.29, 1.82) is 0 Å². The van der Waals surface area contributed by atoms with Gasteiger partial charge < -0.3 is 35.3 Å². The SMILES string of the molecule is CCOC(=O)CCCCOc1ccc(Nc2nc(Cl)ncc2N)cc1.CCOC(=O)CCCCOc1ccc(Nc2nc(Cl)ncc2[N+](=O)[O-])cc1. The molecule has 0 aliphatic heterocycles. The molecule has 0 spiro atoms. The van der Waals surface area contributed by atoms with Crippen molar-refractivity contribution in [3.63, 3.8) is 0 Å². The molecule has 2 aromatic carbocycles. The minimum atomic E-state index is -0.591. The highest BCUT2D eigenvalue weighted by molar-refractivity contribution is 6.28. The number of rotatable bonds is 19. The number of nitrogens with one attached hydrogen (secondary N) is 2. The molecular weight excluding hydrogens is 719 g/mol. The molecule has 278 valence electrons. The van der Waals surface area contributed by atoms with Crippen LogP contribution in [0.3, 0.4) is 0 Å². The minimum Gasteiger partial charge on any atom is -0.494 e. The molecule has 0 aliphatic carbocycles. The lowest BCUT2D eigenvalue weighted by Crippen LogP contribution is -2.05. The lowest BCUT2D eigenvalue weighted by atomic mass is 10.2. The maximum Gasteiger partial charge on any atom is 0.329 e. The van der Waals surface area contributed by atoms with Crippen LogP contribution in [0.15, 0.2) is 60.9 Å². The number of anilines is 5. The summed E-state index contributed by atoms with van der Waals surface area (Å²) in [5.74, 6) is 1.48. The van der Waals surface area contributed by atoms with Gasteiger partial charge in [0.1, 0.15) is 17.7 Å². The zero-order valence-corrected chi connectivity index (χ0v) is 30.2. The number of halogens is 2. The van der Waals surface area contributed by atoms with E-state index in [4.69, 9.17) is 47.9 Å². The highest BCUT2D eigenvalue weighted by atomic mass is 35.5. The van der Waals surface area contributed by atoms with Gasteiger partial charge in [-0.3, -0.25) is 19.7 Å². The molecule has 0 atom stereocenters. The van der Waals surface area contributed by atoms with Crippen LogP contribution in [0.2, 0.25) is 10.6 Å². The van der Waals surface area contributed by atoms with E-state index in [0.29, 0.717) is 68.6 Å². The summed E-state index contributed by atoms with van der Waals surface area (Å²) in [5, 5.41) is 17.0. The number of hydrogen-bond acceptors (Lipinski definition) is 15. The number of nitrogen functional groups attached to an aromatic ring is 1. The number of hydrogen-bond donors (Lipinski definition) is 3. The fourth-order valence-electron chi connectivity index (χ4n) is 4.18. The van der Waals surface area contributed by atoms with E-state index in [2.05, 4.69) is 30.6 Å². The van der Waals surface area contributed by atoms with Crippen molar-refractivity contribution in [3.8, 4) is 11.5 Å². The van der Waals surface area contributed by atoms with Crippen molar-refractivity contribution in [3.05, 3.63) is 81.6 Å². The summed E-state index contributed by atoms with van der Waals surface area (Å²) < 4.78 is 21.0. The summed E-state index contributed by atoms with van der Waals surface area (Å²) in [6.07, 6.45) is 6.24. The Morgan fingerprint density at radius 3 is 1.63 bits per heavy atom. The van der Waals surface area contributed by atoms with Gasteiger partial charge in [0.05, 0.1) is 43.2 Å². The van der Waals surface area contributed by atoms with Crippen molar-refractivity contribution < 1.29 is 33.5 Å². The molecule has 0 aliphatic rings. The van der Waals surface area contributed by atoms with Crippen LogP contribution in [0.25, 0.3) is 0 Å². The van der Waals surface area contributed by atoms with E-state index in [1.54, 1.807) is 38.1 Å². The predicted octanol–water partition coefficient (Wildman–Crippen LogP) is 7.46. The highest BCUT2D eigenvalue weighted by Gasteiger charge is 2.17. The third kappa shape index (κ3) is 15.2. The number of ether oxygens (including phenoxy) is 4. The Labute approximate surface area is 310 Å². The minimum absolute atomic E-state index is 0.00707. The maximum absolute atomic E-state index is 11.2. The normalized spacial score (nSPS) is 10.3. The first kappa shape index (κ1) is 40.9. The number of esters is 2.